The Morgan fingerprint density at radius 3 is 2.25 bits per heavy atom. The molecule has 5 aliphatic carbocycles. The number of aliphatic carboxylic acids is 1. The Balaban J connectivity index is 1.05. The van der Waals surface area contributed by atoms with Gasteiger partial charge in [0.2, 0.25) is 11.8 Å². The minimum atomic E-state index is -1.37. The third-order valence-corrected chi connectivity index (χ3v) is 16.4. The number of fused-ring (bicyclic) bond motifs is 2. The normalized spacial score (nSPS) is 29.2. The van der Waals surface area contributed by atoms with Crippen LogP contribution < -0.4 is 20.7 Å². The van der Waals surface area contributed by atoms with Crippen LogP contribution in [0.4, 0.5) is 4.79 Å². The zero-order chi connectivity index (χ0) is 48.9. The molecule has 1 saturated heterocycles. The predicted molar refractivity (Wildman–Crippen MR) is 269 cm³/mol. The number of nitrogens with one attached hydrogen (secondary N) is 3. The third-order valence-electron chi connectivity index (χ3n) is 16.4. The number of carbonyl (C=O) groups is 4. The first-order chi connectivity index (χ1) is 32.1. The molecule has 3 amide bonds. The quantitative estimate of drug-likeness (QED) is 0.123. The molecular formula is C57H82N4O7. The standard InChI is InChI=1S/C57H82N4O7/c1-11-42-31-57(42,53(64)65)60-51(62)48-29-45(32-61(48)52(63)50(56(8,9)10)59-54(66)68-44-25-39-23-40(39)26-44)67-49-28-41(38-19-21-43(24-38)58-33(2)3)27-47-34(4)37(20-22-46(47)49)14-12-13-35-15-17-36(18-16-35)30-55(5,6)7/h19-20,22,24,27-28,33,35-36,39-40,42,44-45,48,50,58H,11-18,21,23,25-26,29-32H2,1-10H3,(H,59,66)(H,60,62)(H,64,65). The predicted octanol–water partition coefficient (Wildman–Crippen LogP) is 11.0. The highest BCUT2D eigenvalue weighted by Crippen LogP contribution is 2.53. The summed E-state index contributed by atoms with van der Waals surface area (Å²) < 4.78 is 12.9. The first-order valence-corrected chi connectivity index (χ1v) is 26.3. The molecule has 0 spiro atoms. The summed E-state index contributed by atoms with van der Waals surface area (Å²) in [7, 11) is 0. The van der Waals surface area contributed by atoms with E-state index in [1.807, 2.05) is 27.7 Å². The van der Waals surface area contributed by atoms with Crippen LogP contribution in [-0.2, 0) is 25.5 Å². The fraction of sp³-hybridized carbons (Fsp3) is 0.684. The number of alkyl carbamates (subject to hydrolysis) is 1. The van der Waals surface area contributed by atoms with Crippen LogP contribution >= 0.6 is 0 Å². The van der Waals surface area contributed by atoms with Crippen LogP contribution in [0.15, 0.2) is 42.1 Å². The molecule has 4 N–H and O–H groups in total. The van der Waals surface area contributed by atoms with E-state index in [-0.39, 0.29) is 25.0 Å². The summed E-state index contributed by atoms with van der Waals surface area (Å²) in [5.41, 5.74) is 4.18. The molecule has 4 saturated carbocycles. The molecule has 11 heteroatoms. The average molecular weight is 935 g/mol. The lowest BCUT2D eigenvalue weighted by Crippen LogP contribution is -2.59. The van der Waals surface area contributed by atoms with E-state index in [0.29, 0.717) is 41.9 Å². The molecule has 7 unspecified atom stereocenters. The average Bonchev–Trinajstić information content (AvgIpc) is 3.93. The summed E-state index contributed by atoms with van der Waals surface area (Å²) in [5.74, 6) is 1.37. The maximum absolute atomic E-state index is 14.9. The number of amides is 3. The van der Waals surface area contributed by atoms with Crippen LogP contribution in [0.2, 0.25) is 0 Å². The number of carboxylic acid groups (broad SMARTS) is 1. The summed E-state index contributed by atoms with van der Waals surface area (Å²) in [4.78, 5) is 57.0. The van der Waals surface area contributed by atoms with Crippen LogP contribution in [0.5, 0.6) is 5.75 Å². The van der Waals surface area contributed by atoms with Crippen molar-refractivity contribution < 1.29 is 33.8 Å². The van der Waals surface area contributed by atoms with E-state index in [2.05, 4.69) is 93.9 Å². The van der Waals surface area contributed by atoms with Crippen LogP contribution in [0, 0.1) is 47.3 Å². The Hall–Kier alpha value is -4.54. The number of hydrogen-bond donors (Lipinski definition) is 4. The summed E-state index contributed by atoms with van der Waals surface area (Å²) in [6.07, 6.45) is 18.0. The highest BCUT2D eigenvalue weighted by molar-refractivity contribution is 5.97. The number of hydrogen-bond acceptors (Lipinski definition) is 7. The van der Waals surface area contributed by atoms with Crippen LogP contribution in [0.25, 0.3) is 16.3 Å². The van der Waals surface area contributed by atoms with Gasteiger partial charge in [-0.1, -0.05) is 105 Å². The Kier molecular flexibility index (Phi) is 14.4. The van der Waals surface area contributed by atoms with Crippen molar-refractivity contribution in [1.29, 1.82) is 0 Å². The molecule has 0 aromatic heterocycles. The van der Waals surface area contributed by atoms with E-state index < -0.39 is 53.0 Å². The zero-order valence-electron chi connectivity index (χ0n) is 42.9. The van der Waals surface area contributed by atoms with Gasteiger partial charge in [0.15, 0.2) is 0 Å². The second-order valence-electron chi connectivity index (χ2n) is 24.6. The monoisotopic (exact) mass is 935 g/mol. The highest BCUT2D eigenvalue weighted by Gasteiger charge is 2.61. The number of allylic oxidation sites excluding steroid dienone is 3. The van der Waals surface area contributed by atoms with Crippen molar-refractivity contribution in [2.75, 3.05) is 6.54 Å². The van der Waals surface area contributed by atoms with Gasteiger partial charge in [0.05, 0.1) is 6.54 Å². The lowest BCUT2D eigenvalue weighted by molar-refractivity contribution is -0.146. The second-order valence-corrected chi connectivity index (χ2v) is 24.6. The van der Waals surface area contributed by atoms with Gasteiger partial charge in [-0.25, -0.2) is 9.59 Å². The number of benzene rings is 2. The van der Waals surface area contributed by atoms with E-state index in [1.54, 1.807) is 0 Å². The molecule has 11 nitrogen and oxygen atoms in total. The van der Waals surface area contributed by atoms with Crippen molar-refractivity contribution in [1.82, 2.24) is 20.9 Å². The van der Waals surface area contributed by atoms with Crippen molar-refractivity contribution in [2.45, 2.75) is 201 Å². The topological polar surface area (TPSA) is 146 Å². The van der Waals surface area contributed by atoms with E-state index in [1.165, 1.54) is 66.7 Å². The minimum absolute atomic E-state index is 0.0788. The number of likely N-dealkylation sites (tertiary alicyclic amines) is 1. The van der Waals surface area contributed by atoms with Crippen molar-refractivity contribution in [2.24, 2.45) is 40.4 Å². The molecule has 8 rings (SSSR count). The number of nitrogens with zero attached hydrogens (tertiary/aromatic N) is 1. The van der Waals surface area contributed by atoms with Crippen molar-refractivity contribution in [3.8, 4) is 5.75 Å². The second kappa shape index (κ2) is 19.7. The molecule has 6 aliphatic rings. The molecule has 2 aromatic carbocycles. The highest BCUT2D eigenvalue weighted by atomic mass is 16.6. The number of carbonyl (C=O) groups excluding carboxylic acids is 3. The maximum Gasteiger partial charge on any atom is 0.408 e. The molecule has 2 aromatic rings. The van der Waals surface area contributed by atoms with Gasteiger partial charge >= 0.3 is 12.1 Å². The number of carboxylic acids is 1. The number of rotatable bonds is 17. The molecule has 7 atom stereocenters. The van der Waals surface area contributed by atoms with Gasteiger partial charge in [-0.05, 0) is 152 Å². The van der Waals surface area contributed by atoms with Gasteiger partial charge in [-0.3, -0.25) is 9.59 Å². The SMILES string of the molecule is CCC1CC1(NC(=O)C1CC(Oc2cc(C3=CCC(NC(C)C)=C3)cc3c(C)c(CCCC4CCC(CC(C)(C)C)CC4)ccc23)CN1C(=O)C(NC(=O)OC1CC2CC2C1)C(C)(C)C)C(=O)O. The van der Waals surface area contributed by atoms with Crippen LogP contribution in [0.3, 0.4) is 0 Å². The molecule has 1 heterocycles. The van der Waals surface area contributed by atoms with E-state index in [0.717, 1.165) is 65.8 Å². The summed E-state index contributed by atoms with van der Waals surface area (Å²) in [5, 5.41) is 21.8. The van der Waals surface area contributed by atoms with Crippen LogP contribution in [-0.4, -0.2) is 76.3 Å². The molecule has 0 bridgehead atoms. The van der Waals surface area contributed by atoms with Gasteiger partial charge in [0, 0.05) is 30.0 Å². The molecule has 5 fully saturated rings. The van der Waals surface area contributed by atoms with E-state index in [4.69, 9.17) is 9.47 Å². The van der Waals surface area contributed by atoms with Crippen molar-refractivity contribution in [3.05, 3.63) is 58.8 Å². The smallest absolute Gasteiger partial charge is 0.408 e. The number of ether oxygens (including phenoxy) is 2. The fourth-order valence-electron chi connectivity index (χ4n) is 12.5. The summed E-state index contributed by atoms with van der Waals surface area (Å²) >= 11 is 0. The summed E-state index contributed by atoms with van der Waals surface area (Å²) in [6.45, 7) is 21.3. The lowest BCUT2D eigenvalue weighted by Gasteiger charge is -2.35. The fourth-order valence-corrected chi connectivity index (χ4v) is 12.5. The summed E-state index contributed by atoms with van der Waals surface area (Å²) in [6, 6.07) is 7.08. The van der Waals surface area contributed by atoms with Gasteiger partial charge in [0.1, 0.15) is 35.6 Å². The molecule has 372 valence electrons. The van der Waals surface area contributed by atoms with Gasteiger partial charge in [0.25, 0.3) is 0 Å². The minimum Gasteiger partial charge on any atom is -0.488 e. The molecule has 1 aliphatic heterocycles. The lowest BCUT2D eigenvalue weighted by atomic mass is 9.73. The van der Waals surface area contributed by atoms with E-state index >= 15 is 0 Å². The maximum atomic E-state index is 14.9. The zero-order valence-corrected chi connectivity index (χ0v) is 42.9. The van der Waals surface area contributed by atoms with Crippen LogP contribution in [0.1, 0.15) is 169 Å². The van der Waals surface area contributed by atoms with Gasteiger partial charge < -0.3 is 35.4 Å². The first kappa shape index (κ1) is 49.9. The molecule has 68 heavy (non-hydrogen) atoms. The molecular weight excluding hydrogens is 853 g/mol. The first-order valence-electron chi connectivity index (χ1n) is 26.3. The Morgan fingerprint density at radius 1 is 0.912 bits per heavy atom. The van der Waals surface area contributed by atoms with Gasteiger partial charge in [-0.15, -0.1) is 0 Å². The Morgan fingerprint density at radius 2 is 1.62 bits per heavy atom. The number of aryl methyl sites for hydroxylation is 2. The largest absolute Gasteiger partial charge is 0.488 e. The van der Waals surface area contributed by atoms with Crippen molar-refractivity contribution >= 4 is 40.2 Å². The third kappa shape index (κ3) is 11.4. The van der Waals surface area contributed by atoms with E-state index in [9.17, 15) is 24.3 Å². The Labute approximate surface area is 406 Å². The van der Waals surface area contributed by atoms with Crippen molar-refractivity contribution in [3.63, 3.8) is 0 Å². The Bertz CT molecular complexity index is 2290. The van der Waals surface area contributed by atoms with Gasteiger partial charge in [-0.2, -0.15) is 0 Å². The molecule has 0 radical (unpaired) electrons.